The van der Waals surface area contributed by atoms with E-state index in [1.165, 1.54) is 0 Å². The van der Waals surface area contributed by atoms with Crippen molar-refractivity contribution in [1.29, 1.82) is 5.26 Å². The highest BCUT2D eigenvalue weighted by Gasteiger charge is 2.46. The van der Waals surface area contributed by atoms with Crippen LogP contribution in [0.15, 0.2) is 0 Å². The SMILES string of the molecule is CCC(CC)N(C)C(=O)C1(C#N)CCC1. The second-order valence-electron chi connectivity index (χ2n) is 4.43. The number of hydrogen-bond donors (Lipinski definition) is 0. The van der Waals surface area contributed by atoms with Crippen LogP contribution in [0.5, 0.6) is 0 Å². The molecule has 3 nitrogen and oxygen atoms in total. The second kappa shape index (κ2) is 4.65. The van der Waals surface area contributed by atoms with Crippen LogP contribution in [0, 0.1) is 16.7 Å². The van der Waals surface area contributed by atoms with Gasteiger partial charge < -0.3 is 4.90 Å². The molecule has 3 heteroatoms. The number of carbonyl (C=O) groups excluding carboxylic acids is 1. The molecule has 0 N–H and O–H groups in total. The highest BCUT2D eigenvalue weighted by molar-refractivity contribution is 5.86. The van der Waals surface area contributed by atoms with E-state index >= 15 is 0 Å². The topological polar surface area (TPSA) is 44.1 Å². The summed E-state index contributed by atoms with van der Waals surface area (Å²) in [5, 5.41) is 9.09. The largest absolute Gasteiger partial charge is 0.341 e. The van der Waals surface area contributed by atoms with Crippen molar-refractivity contribution in [3.63, 3.8) is 0 Å². The molecule has 1 rings (SSSR count). The summed E-state index contributed by atoms with van der Waals surface area (Å²) in [7, 11) is 1.83. The number of carbonyl (C=O) groups is 1. The Morgan fingerprint density at radius 1 is 1.47 bits per heavy atom. The fourth-order valence-electron chi connectivity index (χ4n) is 2.24. The minimum Gasteiger partial charge on any atom is -0.341 e. The van der Waals surface area contributed by atoms with Crippen LogP contribution in [0.25, 0.3) is 0 Å². The first kappa shape index (κ1) is 12.0. The maximum Gasteiger partial charge on any atom is 0.243 e. The quantitative estimate of drug-likeness (QED) is 0.711. The van der Waals surface area contributed by atoms with Gasteiger partial charge in [0, 0.05) is 13.1 Å². The fraction of sp³-hybridized carbons (Fsp3) is 0.833. The summed E-state index contributed by atoms with van der Waals surface area (Å²) in [6, 6.07) is 2.49. The molecule has 0 bridgehead atoms. The van der Waals surface area contributed by atoms with E-state index in [4.69, 9.17) is 5.26 Å². The van der Waals surface area contributed by atoms with E-state index in [2.05, 4.69) is 19.9 Å². The predicted octanol–water partition coefficient (Wildman–Crippen LogP) is 2.33. The average molecular weight is 208 g/mol. The van der Waals surface area contributed by atoms with Gasteiger partial charge in [-0.15, -0.1) is 0 Å². The van der Waals surface area contributed by atoms with Crippen LogP contribution in [0.3, 0.4) is 0 Å². The summed E-state index contributed by atoms with van der Waals surface area (Å²) >= 11 is 0. The highest BCUT2D eigenvalue weighted by atomic mass is 16.2. The molecule has 84 valence electrons. The van der Waals surface area contributed by atoms with Crippen molar-refractivity contribution < 1.29 is 4.79 Å². The van der Waals surface area contributed by atoms with Crippen LogP contribution in [-0.2, 0) is 4.79 Å². The molecule has 1 fully saturated rings. The Morgan fingerprint density at radius 3 is 2.27 bits per heavy atom. The zero-order chi connectivity index (χ0) is 11.5. The molecule has 0 spiro atoms. The van der Waals surface area contributed by atoms with Gasteiger partial charge in [0.05, 0.1) is 6.07 Å². The maximum absolute atomic E-state index is 12.1. The molecular formula is C12H20N2O. The van der Waals surface area contributed by atoms with Crippen LogP contribution in [-0.4, -0.2) is 23.9 Å². The first-order chi connectivity index (χ1) is 7.11. The summed E-state index contributed by atoms with van der Waals surface area (Å²) in [4.78, 5) is 13.9. The van der Waals surface area contributed by atoms with Crippen molar-refractivity contribution in [2.75, 3.05) is 7.05 Å². The third kappa shape index (κ3) is 1.99. The van der Waals surface area contributed by atoms with Gasteiger partial charge in [0.15, 0.2) is 0 Å². The Hall–Kier alpha value is -1.04. The lowest BCUT2D eigenvalue weighted by Crippen LogP contribution is -2.49. The lowest BCUT2D eigenvalue weighted by molar-refractivity contribution is -0.143. The zero-order valence-electron chi connectivity index (χ0n) is 9.92. The molecule has 1 saturated carbocycles. The summed E-state index contributed by atoms with van der Waals surface area (Å²) in [5.41, 5.74) is -0.683. The Bertz CT molecular complexity index is 272. The molecule has 0 aliphatic heterocycles. The number of hydrogen-bond acceptors (Lipinski definition) is 2. The van der Waals surface area contributed by atoms with E-state index in [-0.39, 0.29) is 11.9 Å². The Morgan fingerprint density at radius 2 is 2.00 bits per heavy atom. The summed E-state index contributed by atoms with van der Waals surface area (Å²) in [5.74, 6) is 0.0324. The number of nitrogens with zero attached hydrogens (tertiary/aromatic N) is 2. The van der Waals surface area contributed by atoms with Crippen molar-refractivity contribution in [2.45, 2.75) is 52.0 Å². The summed E-state index contributed by atoms with van der Waals surface area (Å²) < 4.78 is 0. The van der Waals surface area contributed by atoms with E-state index in [0.717, 1.165) is 32.1 Å². The van der Waals surface area contributed by atoms with Crippen LogP contribution in [0.4, 0.5) is 0 Å². The van der Waals surface area contributed by atoms with Gasteiger partial charge in [0.25, 0.3) is 0 Å². The smallest absolute Gasteiger partial charge is 0.243 e. The molecular weight excluding hydrogens is 188 g/mol. The lowest BCUT2D eigenvalue weighted by atomic mass is 9.69. The Labute approximate surface area is 92.1 Å². The molecule has 1 amide bonds. The third-order valence-electron chi connectivity index (χ3n) is 3.64. The van der Waals surface area contributed by atoms with Crippen molar-refractivity contribution in [1.82, 2.24) is 4.90 Å². The number of nitriles is 1. The predicted molar refractivity (Wildman–Crippen MR) is 59.0 cm³/mol. The average Bonchev–Trinajstić information content (AvgIpc) is 2.18. The molecule has 1 aliphatic carbocycles. The van der Waals surface area contributed by atoms with Gasteiger partial charge in [0.1, 0.15) is 5.41 Å². The van der Waals surface area contributed by atoms with Gasteiger partial charge in [-0.2, -0.15) is 5.26 Å². The van der Waals surface area contributed by atoms with E-state index in [0.29, 0.717) is 0 Å². The normalized spacial score (nSPS) is 18.1. The van der Waals surface area contributed by atoms with Gasteiger partial charge in [-0.3, -0.25) is 4.79 Å². The van der Waals surface area contributed by atoms with E-state index in [1.54, 1.807) is 4.90 Å². The van der Waals surface area contributed by atoms with Gasteiger partial charge in [0.2, 0.25) is 5.91 Å². The standard InChI is InChI=1S/C12H20N2O/c1-4-10(5-2)14(3)11(15)12(9-13)7-6-8-12/h10H,4-8H2,1-3H3. The van der Waals surface area contributed by atoms with E-state index in [9.17, 15) is 4.79 Å². The van der Waals surface area contributed by atoms with Crippen LogP contribution >= 0.6 is 0 Å². The Balaban J connectivity index is 2.71. The molecule has 0 atom stereocenters. The lowest BCUT2D eigenvalue weighted by Gasteiger charge is -2.39. The van der Waals surface area contributed by atoms with Crippen LogP contribution < -0.4 is 0 Å². The molecule has 0 saturated heterocycles. The summed E-state index contributed by atoms with van der Waals surface area (Å²) in [6.45, 7) is 4.16. The Kier molecular flexibility index (Phi) is 3.73. The first-order valence-corrected chi connectivity index (χ1v) is 5.79. The zero-order valence-corrected chi connectivity index (χ0v) is 9.92. The fourth-order valence-corrected chi connectivity index (χ4v) is 2.24. The summed E-state index contributed by atoms with van der Waals surface area (Å²) in [6.07, 6.45) is 4.41. The van der Waals surface area contributed by atoms with Crippen LogP contribution in [0.1, 0.15) is 46.0 Å². The minimum atomic E-state index is -0.683. The van der Waals surface area contributed by atoms with Gasteiger partial charge in [-0.1, -0.05) is 13.8 Å². The molecule has 15 heavy (non-hydrogen) atoms. The first-order valence-electron chi connectivity index (χ1n) is 5.79. The monoisotopic (exact) mass is 208 g/mol. The third-order valence-corrected chi connectivity index (χ3v) is 3.64. The minimum absolute atomic E-state index is 0.0324. The molecule has 0 unspecified atom stereocenters. The molecule has 0 radical (unpaired) electrons. The van der Waals surface area contributed by atoms with Crippen molar-refractivity contribution in [2.24, 2.45) is 5.41 Å². The van der Waals surface area contributed by atoms with Gasteiger partial charge >= 0.3 is 0 Å². The van der Waals surface area contributed by atoms with E-state index < -0.39 is 5.41 Å². The maximum atomic E-state index is 12.1. The van der Waals surface area contributed by atoms with Crippen molar-refractivity contribution in [3.05, 3.63) is 0 Å². The molecule has 0 aromatic heterocycles. The molecule has 1 aliphatic rings. The number of rotatable bonds is 4. The second-order valence-corrected chi connectivity index (χ2v) is 4.43. The van der Waals surface area contributed by atoms with Crippen LogP contribution in [0.2, 0.25) is 0 Å². The van der Waals surface area contributed by atoms with Gasteiger partial charge in [-0.05, 0) is 32.1 Å². The molecule has 0 aromatic carbocycles. The van der Waals surface area contributed by atoms with Crippen molar-refractivity contribution in [3.8, 4) is 6.07 Å². The van der Waals surface area contributed by atoms with E-state index in [1.807, 2.05) is 7.05 Å². The van der Waals surface area contributed by atoms with Crippen molar-refractivity contribution >= 4 is 5.91 Å². The number of amides is 1. The molecule has 0 heterocycles. The highest BCUT2D eigenvalue weighted by Crippen LogP contribution is 2.42. The molecule has 0 aromatic rings. The van der Waals surface area contributed by atoms with Gasteiger partial charge in [-0.25, -0.2) is 0 Å².